The number of likely N-dealkylation sites (N-methyl/N-ethyl adjacent to an activating group) is 1. The lowest BCUT2D eigenvalue weighted by molar-refractivity contribution is 0.396. The summed E-state index contributed by atoms with van der Waals surface area (Å²) in [6.45, 7) is 3.56. The molecule has 0 aliphatic rings. The van der Waals surface area contributed by atoms with E-state index in [-0.39, 0.29) is 0 Å². The average Bonchev–Trinajstić information content (AvgIpc) is 2.17. The molecule has 2 N–H and O–H groups in total. The fourth-order valence-corrected chi connectivity index (χ4v) is 1.05. The van der Waals surface area contributed by atoms with Crippen molar-refractivity contribution in [1.29, 1.82) is 0 Å². The highest BCUT2D eigenvalue weighted by atomic mass is 16.5. The SMILES string of the molecule is CNCCNc1cc(OC)nc(C)n1. The largest absolute Gasteiger partial charge is 0.481 e. The number of ether oxygens (including phenoxy) is 1. The van der Waals surface area contributed by atoms with Gasteiger partial charge in [-0.2, -0.15) is 4.98 Å². The predicted molar refractivity (Wildman–Crippen MR) is 55.7 cm³/mol. The maximum atomic E-state index is 5.04. The molecule has 78 valence electrons. The number of hydrogen-bond donors (Lipinski definition) is 2. The van der Waals surface area contributed by atoms with Gasteiger partial charge in [0.2, 0.25) is 5.88 Å². The van der Waals surface area contributed by atoms with E-state index in [9.17, 15) is 0 Å². The molecule has 0 radical (unpaired) electrons. The molecule has 1 aromatic rings. The molecular formula is C9H16N4O. The number of nitrogens with zero attached hydrogens (tertiary/aromatic N) is 2. The molecule has 0 fully saturated rings. The molecule has 0 aliphatic carbocycles. The molecular weight excluding hydrogens is 180 g/mol. The van der Waals surface area contributed by atoms with E-state index in [0.29, 0.717) is 11.7 Å². The molecule has 0 amide bonds. The van der Waals surface area contributed by atoms with Crippen molar-refractivity contribution in [2.45, 2.75) is 6.92 Å². The second kappa shape index (κ2) is 5.39. The number of anilines is 1. The lowest BCUT2D eigenvalue weighted by atomic mass is 10.5. The summed E-state index contributed by atoms with van der Waals surface area (Å²) < 4.78 is 5.04. The maximum Gasteiger partial charge on any atom is 0.218 e. The second-order valence-corrected chi connectivity index (χ2v) is 2.87. The lowest BCUT2D eigenvalue weighted by Gasteiger charge is -2.07. The summed E-state index contributed by atoms with van der Waals surface area (Å²) in [5, 5.41) is 6.21. The minimum atomic E-state index is 0.587. The van der Waals surface area contributed by atoms with Gasteiger partial charge >= 0.3 is 0 Å². The summed E-state index contributed by atoms with van der Waals surface area (Å²) in [5.74, 6) is 2.09. The van der Waals surface area contributed by atoms with Gasteiger partial charge in [-0.05, 0) is 14.0 Å². The highest BCUT2D eigenvalue weighted by Crippen LogP contribution is 2.11. The fraction of sp³-hybridized carbons (Fsp3) is 0.556. The summed E-state index contributed by atoms with van der Waals surface area (Å²) in [4.78, 5) is 8.32. The number of aryl methyl sites for hydroxylation is 1. The normalized spacial score (nSPS) is 9.93. The van der Waals surface area contributed by atoms with E-state index in [1.807, 2.05) is 14.0 Å². The van der Waals surface area contributed by atoms with Crippen molar-refractivity contribution in [2.75, 3.05) is 32.6 Å². The highest BCUT2D eigenvalue weighted by Gasteiger charge is 2.00. The van der Waals surface area contributed by atoms with Crippen LogP contribution in [0, 0.1) is 6.92 Å². The zero-order chi connectivity index (χ0) is 10.4. The summed E-state index contributed by atoms with van der Waals surface area (Å²) in [6, 6.07) is 1.78. The van der Waals surface area contributed by atoms with Crippen LogP contribution in [-0.2, 0) is 0 Å². The van der Waals surface area contributed by atoms with Gasteiger partial charge < -0.3 is 15.4 Å². The van der Waals surface area contributed by atoms with Crippen LogP contribution in [0.5, 0.6) is 5.88 Å². The van der Waals surface area contributed by atoms with Crippen molar-refractivity contribution in [1.82, 2.24) is 15.3 Å². The van der Waals surface area contributed by atoms with E-state index in [1.165, 1.54) is 0 Å². The van der Waals surface area contributed by atoms with Gasteiger partial charge in [0.15, 0.2) is 0 Å². The van der Waals surface area contributed by atoms with Crippen molar-refractivity contribution >= 4 is 5.82 Å². The van der Waals surface area contributed by atoms with Crippen LogP contribution in [0.25, 0.3) is 0 Å². The molecule has 0 saturated carbocycles. The molecule has 1 rings (SSSR count). The van der Waals surface area contributed by atoms with Crippen LogP contribution < -0.4 is 15.4 Å². The van der Waals surface area contributed by atoms with Crippen molar-refractivity contribution < 1.29 is 4.74 Å². The van der Waals surface area contributed by atoms with Gasteiger partial charge in [-0.25, -0.2) is 4.98 Å². The van der Waals surface area contributed by atoms with Gasteiger partial charge in [-0.15, -0.1) is 0 Å². The maximum absolute atomic E-state index is 5.04. The molecule has 1 heterocycles. The third-order valence-corrected chi connectivity index (χ3v) is 1.70. The Hall–Kier alpha value is -1.36. The number of methoxy groups -OCH3 is 1. The highest BCUT2D eigenvalue weighted by molar-refractivity contribution is 5.38. The Kier molecular flexibility index (Phi) is 4.12. The van der Waals surface area contributed by atoms with Gasteiger partial charge in [0, 0.05) is 19.2 Å². The van der Waals surface area contributed by atoms with Gasteiger partial charge in [0.05, 0.1) is 7.11 Å². The average molecular weight is 196 g/mol. The van der Waals surface area contributed by atoms with Crippen LogP contribution in [0.2, 0.25) is 0 Å². The molecule has 0 spiro atoms. The smallest absolute Gasteiger partial charge is 0.218 e. The first-order valence-corrected chi connectivity index (χ1v) is 4.54. The zero-order valence-corrected chi connectivity index (χ0v) is 8.79. The summed E-state index contributed by atoms with van der Waals surface area (Å²) >= 11 is 0. The van der Waals surface area contributed by atoms with E-state index < -0.39 is 0 Å². The first kappa shape index (κ1) is 10.7. The van der Waals surface area contributed by atoms with Gasteiger partial charge in [0.1, 0.15) is 11.6 Å². The Balaban J connectivity index is 2.62. The van der Waals surface area contributed by atoms with Crippen LogP contribution >= 0.6 is 0 Å². The van der Waals surface area contributed by atoms with Gasteiger partial charge in [0.25, 0.3) is 0 Å². The number of aromatic nitrogens is 2. The molecule has 0 aliphatic heterocycles. The van der Waals surface area contributed by atoms with Crippen molar-refractivity contribution in [2.24, 2.45) is 0 Å². The minimum absolute atomic E-state index is 0.587. The van der Waals surface area contributed by atoms with Crippen LogP contribution in [0.1, 0.15) is 5.82 Å². The van der Waals surface area contributed by atoms with E-state index in [2.05, 4.69) is 20.6 Å². The molecule has 0 aromatic carbocycles. The Morgan fingerprint density at radius 1 is 1.36 bits per heavy atom. The third kappa shape index (κ3) is 3.18. The van der Waals surface area contributed by atoms with Crippen LogP contribution in [-0.4, -0.2) is 37.2 Å². The van der Waals surface area contributed by atoms with Gasteiger partial charge in [-0.1, -0.05) is 0 Å². The fourth-order valence-electron chi connectivity index (χ4n) is 1.05. The summed E-state index contributed by atoms with van der Waals surface area (Å²) in [6.07, 6.45) is 0. The minimum Gasteiger partial charge on any atom is -0.481 e. The van der Waals surface area contributed by atoms with E-state index in [0.717, 1.165) is 18.9 Å². The van der Waals surface area contributed by atoms with Crippen LogP contribution in [0.4, 0.5) is 5.82 Å². The molecule has 0 bridgehead atoms. The first-order valence-electron chi connectivity index (χ1n) is 4.54. The third-order valence-electron chi connectivity index (χ3n) is 1.70. The number of hydrogen-bond acceptors (Lipinski definition) is 5. The van der Waals surface area contributed by atoms with E-state index in [1.54, 1.807) is 13.2 Å². The van der Waals surface area contributed by atoms with Crippen LogP contribution in [0.3, 0.4) is 0 Å². The Morgan fingerprint density at radius 3 is 2.79 bits per heavy atom. The lowest BCUT2D eigenvalue weighted by Crippen LogP contribution is -2.18. The first-order chi connectivity index (χ1) is 6.76. The molecule has 1 aromatic heterocycles. The van der Waals surface area contributed by atoms with Gasteiger partial charge in [-0.3, -0.25) is 0 Å². The molecule has 14 heavy (non-hydrogen) atoms. The Labute approximate surface area is 83.9 Å². The number of nitrogens with one attached hydrogen (secondary N) is 2. The predicted octanol–water partition coefficient (Wildman–Crippen LogP) is 0.425. The van der Waals surface area contributed by atoms with Crippen molar-refractivity contribution in [3.05, 3.63) is 11.9 Å². The second-order valence-electron chi connectivity index (χ2n) is 2.87. The van der Waals surface area contributed by atoms with Crippen LogP contribution in [0.15, 0.2) is 6.07 Å². The van der Waals surface area contributed by atoms with Crippen molar-refractivity contribution in [3.63, 3.8) is 0 Å². The molecule has 5 heteroatoms. The molecule has 0 atom stereocenters. The Bertz CT molecular complexity index is 290. The Morgan fingerprint density at radius 2 is 2.14 bits per heavy atom. The topological polar surface area (TPSA) is 59.1 Å². The number of rotatable bonds is 5. The zero-order valence-electron chi connectivity index (χ0n) is 8.79. The van der Waals surface area contributed by atoms with E-state index >= 15 is 0 Å². The van der Waals surface area contributed by atoms with E-state index in [4.69, 9.17) is 4.74 Å². The standard InChI is InChI=1S/C9H16N4O/c1-7-12-8(11-5-4-10-2)6-9(13-7)14-3/h6,10H,4-5H2,1-3H3,(H,11,12,13). The molecule has 0 saturated heterocycles. The van der Waals surface area contributed by atoms with Crippen molar-refractivity contribution in [3.8, 4) is 5.88 Å². The monoisotopic (exact) mass is 196 g/mol. The quantitative estimate of drug-likeness (QED) is 0.669. The summed E-state index contributed by atoms with van der Waals surface area (Å²) in [5.41, 5.74) is 0. The summed E-state index contributed by atoms with van der Waals surface area (Å²) in [7, 11) is 3.51. The molecule has 0 unspecified atom stereocenters. The molecule has 5 nitrogen and oxygen atoms in total.